The number of rotatable bonds is 2. The highest BCUT2D eigenvalue weighted by Crippen LogP contribution is 2.26. The van der Waals surface area contributed by atoms with Gasteiger partial charge in [0, 0.05) is 24.7 Å². The summed E-state index contributed by atoms with van der Waals surface area (Å²) in [6, 6.07) is 1.93. The molecule has 2 aliphatic heterocycles. The van der Waals surface area contributed by atoms with E-state index in [2.05, 4.69) is 38.1 Å². The molecule has 2 fully saturated rings. The first-order chi connectivity index (χ1) is 7.98. The fourth-order valence-electron chi connectivity index (χ4n) is 3.23. The van der Waals surface area contributed by atoms with Gasteiger partial charge < -0.3 is 4.74 Å². The van der Waals surface area contributed by atoms with Crippen molar-refractivity contribution in [1.82, 2.24) is 10.4 Å². The average Bonchev–Trinajstić information content (AvgIpc) is 2.22. The van der Waals surface area contributed by atoms with Crippen molar-refractivity contribution in [2.45, 2.75) is 83.5 Å². The highest BCUT2D eigenvalue weighted by molar-refractivity contribution is 4.85. The molecule has 3 atom stereocenters. The van der Waals surface area contributed by atoms with Crippen LogP contribution in [0.5, 0.6) is 0 Å². The highest BCUT2D eigenvalue weighted by Gasteiger charge is 2.32. The minimum atomic E-state index is 0.0399. The van der Waals surface area contributed by atoms with Crippen molar-refractivity contribution in [2.24, 2.45) is 0 Å². The first-order valence-corrected chi connectivity index (χ1v) is 7.16. The fourth-order valence-corrected chi connectivity index (χ4v) is 3.23. The van der Waals surface area contributed by atoms with Gasteiger partial charge in [0.05, 0.1) is 5.60 Å². The molecule has 0 aliphatic carbocycles. The van der Waals surface area contributed by atoms with Crippen LogP contribution in [0.15, 0.2) is 0 Å². The van der Waals surface area contributed by atoms with E-state index < -0.39 is 0 Å². The summed E-state index contributed by atoms with van der Waals surface area (Å²) >= 11 is 0. The maximum absolute atomic E-state index is 5.78. The van der Waals surface area contributed by atoms with E-state index in [0.29, 0.717) is 18.1 Å². The summed E-state index contributed by atoms with van der Waals surface area (Å²) in [5.74, 6) is 0. The van der Waals surface area contributed by atoms with Crippen molar-refractivity contribution in [3.05, 3.63) is 0 Å². The summed E-state index contributed by atoms with van der Waals surface area (Å²) in [4.78, 5) is 0. The quantitative estimate of drug-likeness (QED) is 0.803. The van der Waals surface area contributed by atoms with E-state index in [1.54, 1.807) is 0 Å². The van der Waals surface area contributed by atoms with Crippen molar-refractivity contribution in [3.8, 4) is 0 Å². The Morgan fingerprint density at radius 1 is 1.12 bits per heavy atom. The molecule has 0 amide bonds. The Morgan fingerprint density at radius 2 is 1.76 bits per heavy atom. The Bertz CT molecular complexity index is 245. The molecule has 17 heavy (non-hydrogen) atoms. The average molecular weight is 240 g/mol. The van der Waals surface area contributed by atoms with Crippen molar-refractivity contribution < 1.29 is 4.74 Å². The standard InChI is InChI=1S/C14H28N2O/c1-11-6-5-7-12(2)16(11)15-13-8-9-17-14(3,4)10-13/h11-13,15H,5-10H2,1-4H3. The van der Waals surface area contributed by atoms with Crippen LogP contribution in [0.25, 0.3) is 0 Å². The topological polar surface area (TPSA) is 24.5 Å². The van der Waals surface area contributed by atoms with Gasteiger partial charge in [0.1, 0.15) is 0 Å². The molecule has 3 unspecified atom stereocenters. The Hall–Kier alpha value is -0.120. The normalized spacial score (nSPS) is 39.2. The number of hydrogen-bond donors (Lipinski definition) is 1. The van der Waals surface area contributed by atoms with Crippen molar-refractivity contribution in [3.63, 3.8) is 0 Å². The lowest BCUT2D eigenvalue weighted by Gasteiger charge is -2.44. The molecular weight excluding hydrogens is 212 g/mol. The largest absolute Gasteiger partial charge is 0.375 e. The van der Waals surface area contributed by atoms with Crippen LogP contribution in [0.4, 0.5) is 0 Å². The molecule has 1 N–H and O–H groups in total. The van der Waals surface area contributed by atoms with Crippen LogP contribution in [0, 0.1) is 0 Å². The number of nitrogens with zero attached hydrogens (tertiary/aromatic N) is 1. The molecule has 0 bridgehead atoms. The smallest absolute Gasteiger partial charge is 0.0641 e. The second-order valence-electron chi connectivity index (χ2n) is 6.46. The van der Waals surface area contributed by atoms with Gasteiger partial charge in [-0.25, -0.2) is 5.01 Å². The minimum Gasteiger partial charge on any atom is -0.375 e. The monoisotopic (exact) mass is 240 g/mol. The van der Waals surface area contributed by atoms with Crippen LogP contribution in [-0.4, -0.2) is 35.3 Å². The second-order valence-corrected chi connectivity index (χ2v) is 6.46. The van der Waals surface area contributed by atoms with Crippen LogP contribution in [-0.2, 0) is 4.74 Å². The zero-order chi connectivity index (χ0) is 12.5. The first-order valence-electron chi connectivity index (χ1n) is 7.16. The third-order valence-electron chi connectivity index (χ3n) is 4.22. The van der Waals surface area contributed by atoms with E-state index in [9.17, 15) is 0 Å². The zero-order valence-electron chi connectivity index (χ0n) is 11.8. The van der Waals surface area contributed by atoms with Crippen molar-refractivity contribution in [1.29, 1.82) is 0 Å². The summed E-state index contributed by atoms with van der Waals surface area (Å²) in [6.07, 6.45) is 6.27. The summed E-state index contributed by atoms with van der Waals surface area (Å²) < 4.78 is 5.78. The zero-order valence-corrected chi connectivity index (χ0v) is 11.8. The van der Waals surface area contributed by atoms with Gasteiger partial charge in [0.2, 0.25) is 0 Å². The summed E-state index contributed by atoms with van der Waals surface area (Å²) in [5.41, 5.74) is 3.81. The fraction of sp³-hybridized carbons (Fsp3) is 1.00. The van der Waals surface area contributed by atoms with E-state index in [4.69, 9.17) is 4.74 Å². The predicted molar refractivity (Wildman–Crippen MR) is 70.8 cm³/mol. The molecule has 3 nitrogen and oxygen atoms in total. The molecule has 0 radical (unpaired) electrons. The van der Waals surface area contributed by atoms with E-state index >= 15 is 0 Å². The molecule has 2 aliphatic rings. The van der Waals surface area contributed by atoms with Crippen LogP contribution in [0.2, 0.25) is 0 Å². The molecule has 0 aromatic heterocycles. The van der Waals surface area contributed by atoms with E-state index in [-0.39, 0.29) is 5.60 Å². The number of nitrogens with one attached hydrogen (secondary N) is 1. The van der Waals surface area contributed by atoms with Crippen LogP contribution < -0.4 is 5.43 Å². The Kier molecular flexibility index (Phi) is 4.11. The minimum absolute atomic E-state index is 0.0399. The molecule has 0 aromatic carbocycles. The molecule has 0 saturated carbocycles. The number of hydrogen-bond acceptors (Lipinski definition) is 3. The molecule has 100 valence electrons. The van der Waals surface area contributed by atoms with Crippen LogP contribution in [0.1, 0.15) is 59.8 Å². The molecular formula is C14H28N2O. The number of piperidine rings is 1. The van der Waals surface area contributed by atoms with Crippen LogP contribution in [0.3, 0.4) is 0 Å². The van der Waals surface area contributed by atoms with Gasteiger partial charge in [-0.05, 0) is 53.4 Å². The van der Waals surface area contributed by atoms with Gasteiger partial charge in [-0.1, -0.05) is 6.42 Å². The van der Waals surface area contributed by atoms with E-state index in [1.165, 1.54) is 19.3 Å². The second kappa shape index (κ2) is 5.25. The maximum Gasteiger partial charge on any atom is 0.0641 e. The Balaban J connectivity index is 1.90. The predicted octanol–water partition coefficient (Wildman–Crippen LogP) is 2.71. The molecule has 2 rings (SSSR count). The van der Waals surface area contributed by atoms with Gasteiger partial charge >= 0.3 is 0 Å². The van der Waals surface area contributed by atoms with Gasteiger partial charge in [0.15, 0.2) is 0 Å². The lowest BCUT2D eigenvalue weighted by Crippen LogP contribution is -2.57. The number of ether oxygens (including phenoxy) is 1. The summed E-state index contributed by atoms with van der Waals surface area (Å²) in [6.45, 7) is 9.97. The first kappa shape index (κ1) is 13.3. The van der Waals surface area contributed by atoms with E-state index in [1.807, 2.05) is 0 Å². The molecule has 0 spiro atoms. The van der Waals surface area contributed by atoms with Crippen molar-refractivity contribution >= 4 is 0 Å². The van der Waals surface area contributed by atoms with Gasteiger partial charge in [0.25, 0.3) is 0 Å². The Labute approximate surface area is 106 Å². The third-order valence-corrected chi connectivity index (χ3v) is 4.22. The molecule has 2 heterocycles. The summed E-state index contributed by atoms with van der Waals surface area (Å²) in [7, 11) is 0. The number of hydrazine groups is 1. The van der Waals surface area contributed by atoms with Gasteiger partial charge in [-0.2, -0.15) is 0 Å². The van der Waals surface area contributed by atoms with Crippen LogP contribution >= 0.6 is 0 Å². The third kappa shape index (κ3) is 3.43. The molecule has 0 aromatic rings. The maximum atomic E-state index is 5.78. The van der Waals surface area contributed by atoms with Gasteiger partial charge in [-0.15, -0.1) is 0 Å². The molecule has 2 saturated heterocycles. The molecule has 3 heteroatoms. The SMILES string of the molecule is CC1CCCC(C)N1NC1CCOC(C)(C)C1. The lowest BCUT2D eigenvalue weighted by molar-refractivity contribution is -0.0828. The Morgan fingerprint density at radius 3 is 2.35 bits per heavy atom. The van der Waals surface area contributed by atoms with E-state index in [0.717, 1.165) is 19.4 Å². The van der Waals surface area contributed by atoms with Crippen molar-refractivity contribution in [2.75, 3.05) is 6.61 Å². The summed E-state index contributed by atoms with van der Waals surface area (Å²) in [5, 5.41) is 2.50. The lowest BCUT2D eigenvalue weighted by atomic mass is 9.94. The van der Waals surface area contributed by atoms with Gasteiger partial charge in [-0.3, -0.25) is 5.43 Å². The highest BCUT2D eigenvalue weighted by atomic mass is 16.5.